The second-order valence-electron chi connectivity index (χ2n) is 17.9. The zero-order valence-corrected chi connectivity index (χ0v) is 40.6. The Balaban J connectivity index is 1.13. The first-order valence-electron chi connectivity index (χ1n) is 24.7. The zero-order valence-electron chi connectivity index (χ0n) is 40.6. The van der Waals surface area contributed by atoms with Gasteiger partial charge in [-0.2, -0.15) is 0 Å². The molecule has 12 nitrogen and oxygen atoms in total. The summed E-state index contributed by atoms with van der Waals surface area (Å²) in [5.41, 5.74) is 5.16. The van der Waals surface area contributed by atoms with Gasteiger partial charge in [-0.3, -0.25) is 0 Å². The molecule has 7 aromatic carbocycles. The standard InChI is InChI=1S/C61H60O12/c1-43-52(71-58(62)49-33-19-7-20-34-49)55(72-59(63)50-35-21-8-22-36-50)57(60(69-43)68-41-48-31-17-6-18-32-48)73-61-56(67-40-47-29-15-5-16-30-47)54(66-39-46-27-13-4-14-28-46)53(65-38-45-25-11-3-12-26-45)51(70-61)42-64-37-44-23-9-2-10-24-44/h2-36,43,51-57,60-61H,37-42H2,1H3. The van der Waals surface area contributed by atoms with Crippen LogP contribution in [-0.2, 0) is 80.4 Å². The van der Waals surface area contributed by atoms with Gasteiger partial charge in [-0.05, 0) is 59.0 Å². The predicted molar refractivity (Wildman–Crippen MR) is 272 cm³/mol. The van der Waals surface area contributed by atoms with Crippen LogP contribution in [0.4, 0.5) is 0 Å². The van der Waals surface area contributed by atoms with Gasteiger partial charge in [-0.15, -0.1) is 0 Å². The van der Waals surface area contributed by atoms with Crippen LogP contribution in [0.15, 0.2) is 212 Å². The van der Waals surface area contributed by atoms with Gasteiger partial charge in [0.2, 0.25) is 0 Å². The molecule has 376 valence electrons. The van der Waals surface area contributed by atoms with E-state index in [1.807, 2.05) is 152 Å². The van der Waals surface area contributed by atoms with Crippen molar-refractivity contribution in [2.75, 3.05) is 6.61 Å². The molecule has 2 heterocycles. The molecule has 7 aromatic rings. The maximum atomic E-state index is 14.4. The molecule has 0 radical (unpaired) electrons. The van der Waals surface area contributed by atoms with Crippen molar-refractivity contribution in [3.63, 3.8) is 0 Å². The topological polar surface area (TPSA) is 126 Å². The first kappa shape index (κ1) is 51.1. The molecule has 0 bridgehead atoms. The van der Waals surface area contributed by atoms with Crippen molar-refractivity contribution in [1.82, 2.24) is 0 Å². The normalized spacial score (nSPS) is 23.8. The van der Waals surface area contributed by atoms with Crippen LogP contribution >= 0.6 is 0 Å². The van der Waals surface area contributed by atoms with Crippen molar-refractivity contribution in [2.24, 2.45) is 0 Å². The van der Waals surface area contributed by atoms with Crippen LogP contribution in [0.25, 0.3) is 0 Å². The third-order valence-electron chi connectivity index (χ3n) is 12.6. The summed E-state index contributed by atoms with van der Waals surface area (Å²) in [5, 5.41) is 0. The summed E-state index contributed by atoms with van der Waals surface area (Å²) >= 11 is 0. The van der Waals surface area contributed by atoms with Gasteiger partial charge in [-0.25, -0.2) is 9.59 Å². The lowest BCUT2D eigenvalue weighted by Crippen LogP contribution is -2.66. The number of rotatable bonds is 22. The van der Waals surface area contributed by atoms with Gasteiger partial charge in [0, 0.05) is 0 Å². The highest BCUT2D eigenvalue weighted by Gasteiger charge is 2.55. The maximum Gasteiger partial charge on any atom is 0.338 e. The molecule has 0 aromatic heterocycles. The molecule has 73 heavy (non-hydrogen) atoms. The lowest BCUT2D eigenvalue weighted by Gasteiger charge is -2.49. The molecule has 10 atom stereocenters. The van der Waals surface area contributed by atoms with Crippen LogP contribution < -0.4 is 0 Å². The van der Waals surface area contributed by atoms with E-state index in [4.69, 9.17) is 47.4 Å². The molecule has 0 N–H and O–H groups in total. The van der Waals surface area contributed by atoms with E-state index in [-0.39, 0.29) is 45.2 Å². The summed E-state index contributed by atoms with van der Waals surface area (Å²) in [4.78, 5) is 28.4. The summed E-state index contributed by atoms with van der Waals surface area (Å²) < 4.78 is 67.9. The summed E-state index contributed by atoms with van der Waals surface area (Å²) in [6, 6.07) is 66.1. The summed E-state index contributed by atoms with van der Waals surface area (Å²) in [6.45, 7) is 2.73. The Morgan fingerprint density at radius 1 is 0.370 bits per heavy atom. The number of hydrogen-bond acceptors (Lipinski definition) is 12. The van der Waals surface area contributed by atoms with Gasteiger partial charge in [0.1, 0.15) is 24.4 Å². The Labute approximate surface area is 426 Å². The first-order chi connectivity index (χ1) is 35.9. The Hall–Kier alpha value is -6.84. The van der Waals surface area contributed by atoms with E-state index in [9.17, 15) is 9.59 Å². The molecule has 2 aliphatic heterocycles. The highest BCUT2D eigenvalue weighted by atomic mass is 16.8. The molecule has 12 heteroatoms. The molecule has 0 spiro atoms. The van der Waals surface area contributed by atoms with E-state index in [1.165, 1.54) is 0 Å². The highest BCUT2D eigenvalue weighted by Crippen LogP contribution is 2.37. The minimum Gasteiger partial charge on any atom is -0.452 e. The van der Waals surface area contributed by atoms with E-state index >= 15 is 0 Å². The number of esters is 2. The van der Waals surface area contributed by atoms with Gasteiger partial charge < -0.3 is 47.4 Å². The summed E-state index contributed by atoms with van der Waals surface area (Å²) in [7, 11) is 0. The highest BCUT2D eigenvalue weighted by molar-refractivity contribution is 5.90. The maximum absolute atomic E-state index is 14.4. The molecule has 2 fully saturated rings. The van der Waals surface area contributed by atoms with Crippen molar-refractivity contribution in [3.8, 4) is 0 Å². The third-order valence-corrected chi connectivity index (χ3v) is 12.6. The van der Waals surface area contributed by atoms with Gasteiger partial charge in [0.15, 0.2) is 30.9 Å². The van der Waals surface area contributed by atoms with Crippen LogP contribution in [0.2, 0.25) is 0 Å². The molecule has 2 saturated heterocycles. The van der Waals surface area contributed by atoms with E-state index in [2.05, 4.69) is 0 Å². The van der Waals surface area contributed by atoms with Crippen LogP contribution in [-0.4, -0.2) is 80.0 Å². The average molecular weight is 985 g/mol. The lowest BCUT2D eigenvalue weighted by atomic mass is 9.96. The van der Waals surface area contributed by atoms with E-state index in [0.717, 1.165) is 27.8 Å². The largest absolute Gasteiger partial charge is 0.452 e. The molecule has 9 rings (SSSR count). The van der Waals surface area contributed by atoms with Crippen molar-refractivity contribution in [2.45, 2.75) is 101 Å². The van der Waals surface area contributed by atoms with Crippen molar-refractivity contribution in [1.29, 1.82) is 0 Å². The monoisotopic (exact) mass is 984 g/mol. The number of carbonyl (C=O) groups is 2. The number of ether oxygens (including phenoxy) is 10. The molecule has 0 amide bonds. The molecular formula is C61H60O12. The average Bonchev–Trinajstić information content (AvgIpc) is 3.44. The number of hydrogen-bond donors (Lipinski definition) is 0. The molecular weight excluding hydrogens is 925 g/mol. The van der Waals surface area contributed by atoms with Gasteiger partial charge >= 0.3 is 11.9 Å². The Morgan fingerprint density at radius 2 is 0.740 bits per heavy atom. The Bertz CT molecular complexity index is 2700. The van der Waals surface area contributed by atoms with Crippen LogP contribution in [0.3, 0.4) is 0 Å². The molecule has 0 aliphatic carbocycles. The smallest absolute Gasteiger partial charge is 0.338 e. The quantitative estimate of drug-likeness (QED) is 0.0600. The number of carbonyl (C=O) groups excluding carboxylic acids is 2. The predicted octanol–water partition coefficient (Wildman–Crippen LogP) is 10.5. The summed E-state index contributed by atoms with van der Waals surface area (Å²) in [6.07, 6.45) is -10.7. The molecule has 2 aliphatic rings. The van der Waals surface area contributed by atoms with Crippen LogP contribution in [0.1, 0.15) is 55.5 Å². The van der Waals surface area contributed by atoms with Gasteiger partial charge in [0.25, 0.3) is 0 Å². The van der Waals surface area contributed by atoms with Gasteiger partial charge in [0.05, 0.1) is 56.9 Å². The Morgan fingerprint density at radius 3 is 1.19 bits per heavy atom. The second kappa shape index (κ2) is 26.2. The van der Waals surface area contributed by atoms with E-state index in [0.29, 0.717) is 5.56 Å². The van der Waals surface area contributed by atoms with Crippen molar-refractivity contribution in [3.05, 3.63) is 251 Å². The number of benzene rings is 7. The van der Waals surface area contributed by atoms with E-state index < -0.39 is 73.4 Å². The summed E-state index contributed by atoms with van der Waals surface area (Å²) in [5.74, 6) is -1.33. The van der Waals surface area contributed by atoms with E-state index in [1.54, 1.807) is 67.6 Å². The zero-order chi connectivity index (χ0) is 50.0. The minimum absolute atomic E-state index is 0.0562. The fraction of sp³-hybridized carbons (Fsp3) is 0.279. The molecule has 0 saturated carbocycles. The van der Waals surface area contributed by atoms with Crippen LogP contribution in [0.5, 0.6) is 0 Å². The fourth-order valence-electron chi connectivity index (χ4n) is 8.84. The first-order valence-corrected chi connectivity index (χ1v) is 24.7. The van der Waals surface area contributed by atoms with Crippen LogP contribution in [0, 0.1) is 0 Å². The Kier molecular flexibility index (Phi) is 18.3. The SMILES string of the molecule is CC1OC(OCc2ccccc2)C(OC2OC(COCc3ccccc3)C(OCc3ccccc3)C(OCc3ccccc3)C2OCc2ccccc2)C(OC(=O)c2ccccc2)C1OC(=O)c1ccccc1. The van der Waals surface area contributed by atoms with Crippen molar-refractivity contribution >= 4 is 11.9 Å². The lowest BCUT2D eigenvalue weighted by molar-refractivity contribution is -0.375. The molecule has 10 unspecified atom stereocenters. The minimum atomic E-state index is -1.33. The fourth-order valence-corrected chi connectivity index (χ4v) is 8.84. The third kappa shape index (κ3) is 14.2. The van der Waals surface area contributed by atoms with Crippen molar-refractivity contribution < 1.29 is 57.0 Å². The second-order valence-corrected chi connectivity index (χ2v) is 17.9. The van der Waals surface area contributed by atoms with Gasteiger partial charge in [-0.1, -0.05) is 188 Å².